The number of anilines is 1. The minimum absolute atomic E-state index is 0.0440. The van der Waals surface area contributed by atoms with Crippen LogP contribution >= 0.6 is 0 Å². The predicted molar refractivity (Wildman–Crippen MR) is 124 cm³/mol. The maximum atomic E-state index is 14.0. The Balaban J connectivity index is 1.74. The van der Waals surface area contributed by atoms with E-state index in [0.29, 0.717) is 16.9 Å². The molecule has 0 bridgehead atoms. The van der Waals surface area contributed by atoms with E-state index in [1.807, 2.05) is 37.3 Å². The minimum Gasteiger partial charge on any atom is -0.461 e. The molecule has 0 spiro atoms. The van der Waals surface area contributed by atoms with E-state index in [0.717, 1.165) is 11.3 Å². The number of para-hydroxylation sites is 1. The molecule has 7 heteroatoms. The molecule has 0 aliphatic rings. The lowest BCUT2D eigenvalue weighted by molar-refractivity contribution is 0.0518. The molecule has 0 saturated carbocycles. The smallest absolute Gasteiger partial charge is 0.358 e. The first kappa shape index (κ1) is 22.0. The lowest BCUT2D eigenvalue weighted by Gasteiger charge is -2.12. The summed E-state index contributed by atoms with van der Waals surface area (Å²) < 4.78 is 20.8. The van der Waals surface area contributed by atoms with E-state index in [2.05, 4.69) is 10.4 Å². The number of halogens is 1. The molecule has 0 saturated heterocycles. The summed E-state index contributed by atoms with van der Waals surface area (Å²) in [6.07, 6.45) is 0. The van der Waals surface area contributed by atoms with Gasteiger partial charge >= 0.3 is 5.97 Å². The van der Waals surface area contributed by atoms with E-state index < -0.39 is 17.7 Å². The molecule has 1 heterocycles. The summed E-state index contributed by atoms with van der Waals surface area (Å²) in [5.74, 6) is -1.66. The quantitative estimate of drug-likeness (QED) is 0.404. The second kappa shape index (κ2) is 9.48. The number of rotatable bonds is 6. The summed E-state index contributed by atoms with van der Waals surface area (Å²) in [6.45, 7) is 3.93. The van der Waals surface area contributed by atoms with Gasteiger partial charge in [0.25, 0.3) is 5.91 Å². The van der Waals surface area contributed by atoms with Crippen molar-refractivity contribution in [1.29, 1.82) is 0 Å². The Bertz CT molecular complexity index is 1330. The first-order chi connectivity index (χ1) is 16.0. The number of hydrogen-bond donors (Lipinski definition) is 1. The van der Waals surface area contributed by atoms with Gasteiger partial charge in [0.2, 0.25) is 0 Å². The fourth-order valence-corrected chi connectivity index (χ4v) is 3.48. The number of aryl methyl sites for hydroxylation is 1. The summed E-state index contributed by atoms with van der Waals surface area (Å²) >= 11 is 0. The monoisotopic (exact) mass is 443 g/mol. The van der Waals surface area contributed by atoms with Crippen molar-refractivity contribution in [3.8, 4) is 16.9 Å². The van der Waals surface area contributed by atoms with Crippen molar-refractivity contribution in [1.82, 2.24) is 9.78 Å². The average molecular weight is 443 g/mol. The number of nitrogens with zero attached hydrogens (tertiary/aromatic N) is 2. The summed E-state index contributed by atoms with van der Waals surface area (Å²) in [5, 5.41) is 7.22. The molecule has 6 nitrogen and oxygen atoms in total. The Labute approximate surface area is 190 Å². The molecule has 0 aliphatic heterocycles. The number of hydrogen-bond acceptors (Lipinski definition) is 4. The van der Waals surface area contributed by atoms with Crippen LogP contribution in [0.2, 0.25) is 0 Å². The van der Waals surface area contributed by atoms with Crippen molar-refractivity contribution >= 4 is 17.6 Å². The van der Waals surface area contributed by atoms with Gasteiger partial charge in [0.15, 0.2) is 5.69 Å². The fourth-order valence-electron chi connectivity index (χ4n) is 3.48. The zero-order chi connectivity index (χ0) is 23.4. The van der Waals surface area contributed by atoms with Gasteiger partial charge in [-0.25, -0.2) is 13.9 Å². The minimum atomic E-state index is -0.595. The third-order valence-electron chi connectivity index (χ3n) is 5.07. The standard InChI is InChI=1S/C26H22FN3O3/c1-3-33-26(32)22-16-24(30(29-22)23-14-7-4-9-17(23)2)18-10-8-11-19(15-18)28-25(31)20-12-5-6-13-21(20)27/h4-16H,3H2,1-2H3,(H,28,31). The van der Waals surface area contributed by atoms with Crippen molar-refractivity contribution in [3.05, 3.63) is 102 Å². The zero-order valence-corrected chi connectivity index (χ0v) is 18.2. The first-order valence-electron chi connectivity index (χ1n) is 10.5. The molecular weight excluding hydrogens is 421 g/mol. The van der Waals surface area contributed by atoms with Gasteiger partial charge in [-0.2, -0.15) is 5.10 Å². The second-order valence-electron chi connectivity index (χ2n) is 7.35. The topological polar surface area (TPSA) is 73.2 Å². The van der Waals surface area contributed by atoms with E-state index in [-0.39, 0.29) is 17.9 Å². The van der Waals surface area contributed by atoms with Crippen molar-refractivity contribution in [2.45, 2.75) is 13.8 Å². The highest BCUT2D eigenvalue weighted by atomic mass is 19.1. The van der Waals surface area contributed by atoms with Crippen LogP contribution in [-0.2, 0) is 4.74 Å². The van der Waals surface area contributed by atoms with E-state index in [9.17, 15) is 14.0 Å². The lowest BCUT2D eigenvalue weighted by atomic mass is 10.1. The van der Waals surface area contributed by atoms with Crippen LogP contribution in [0.4, 0.5) is 10.1 Å². The van der Waals surface area contributed by atoms with E-state index in [4.69, 9.17) is 4.74 Å². The number of nitrogens with one attached hydrogen (secondary N) is 1. The van der Waals surface area contributed by atoms with Crippen LogP contribution < -0.4 is 5.32 Å². The van der Waals surface area contributed by atoms with Crippen LogP contribution in [0.15, 0.2) is 78.9 Å². The van der Waals surface area contributed by atoms with Gasteiger partial charge < -0.3 is 10.1 Å². The summed E-state index contributed by atoms with van der Waals surface area (Å²) in [7, 11) is 0. The van der Waals surface area contributed by atoms with E-state index in [1.165, 1.54) is 18.2 Å². The maximum absolute atomic E-state index is 14.0. The maximum Gasteiger partial charge on any atom is 0.358 e. The number of carbonyl (C=O) groups excluding carboxylic acids is 2. The van der Waals surface area contributed by atoms with Crippen LogP contribution in [0.5, 0.6) is 0 Å². The molecule has 1 N–H and O–H groups in total. The molecule has 1 aromatic heterocycles. The lowest BCUT2D eigenvalue weighted by Crippen LogP contribution is -2.13. The molecule has 4 rings (SSSR count). The van der Waals surface area contributed by atoms with Crippen LogP contribution in [0.1, 0.15) is 33.3 Å². The molecule has 33 heavy (non-hydrogen) atoms. The molecule has 3 aromatic carbocycles. The van der Waals surface area contributed by atoms with Crippen molar-refractivity contribution < 1.29 is 18.7 Å². The molecular formula is C26H22FN3O3. The summed E-state index contributed by atoms with van der Waals surface area (Å²) in [5.41, 5.74) is 3.76. The molecule has 0 fully saturated rings. The van der Waals surface area contributed by atoms with Gasteiger partial charge in [-0.1, -0.05) is 42.5 Å². The number of benzene rings is 3. The van der Waals surface area contributed by atoms with Gasteiger partial charge in [-0.05, 0) is 55.8 Å². The normalized spacial score (nSPS) is 10.6. The molecule has 1 amide bonds. The van der Waals surface area contributed by atoms with Crippen molar-refractivity contribution in [2.75, 3.05) is 11.9 Å². The van der Waals surface area contributed by atoms with Crippen molar-refractivity contribution in [3.63, 3.8) is 0 Å². The number of amides is 1. The molecule has 4 aromatic rings. The average Bonchev–Trinajstić information content (AvgIpc) is 3.25. The third-order valence-corrected chi connectivity index (χ3v) is 5.07. The Kier molecular flexibility index (Phi) is 6.31. The Morgan fingerprint density at radius 2 is 1.76 bits per heavy atom. The Hall–Kier alpha value is -4.26. The zero-order valence-electron chi connectivity index (χ0n) is 18.2. The molecule has 0 radical (unpaired) electrons. The van der Waals surface area contributed by atoms with Crippen LogP contribution in [0.3, 0.4) is 0 Å². The Morgan fingerprint density at radius 1 is 1.00 bits per heavy atom. The summed E-state index contributed by atoms with van der Waals surface area (Å²) in [6, 6.07) is 22.2. The Morgan fingerprint density at radius 3 is 2.52 bits per heavy atom. The van der Waals surface area contributed by atoms with Gasteiger partial charge in [0.05, 0.1) is 23.6 Å². The van der Waals surface area contributed by atoms with Crippen LogP contribution in [0.25, 0.3) is 16.9 Å². The number of aromatic nitrogens is 2. The number of carbonyl (C=O) groups is 2. The second-order valence-corrected chi connectivity index (χ2v) is 7.35. The third kappa shape index (κ3) is 4.67. The van der Waals surface area contributed by atoms with Gasteiger partial charge in [-0.15, -0.1) is 0 Å². The SMILES string of the molecule is CCOC(=O)c1cc(-c2cccc(NC(=O)c3ccccc3F)c2)n(-c2ccccc2C)n1. The van der Waals surface area contributed by atoms with Crippen LogP contribution in [-0.4, -0.2) is 28.3 Å². The number of esters is 1. The highest BCUT2D eigenvalue weighted by Gasteiger charge is 2.19. The molecule has 0 unspecified atom stereocenters. The van der Waals surface area contributed by atoms with Gasteiger partial charge in [0, 0.05) is 11.3 Å². The van der Waals surface area contributed by atoms with Gasteiger partial charge in [-0.3, -0.25) is 4.79 Å². The van der Waals surface area contributed by atoms with E-state index in [1.54, 1.807) is 41.9 Å². The predicted octanol–water partition coefficient (Wildman–Crippen LogP) is 5.42. The molecule has 0 atom stereocenters. The number of ether oxygens (including phenoxy) is 1. The molecule has 0 aliphatic carbocycles. The van der Waals surface area contributed by atoms with E-state index >= 15 is 0 Å². The molecule has 166 valence electrons. The fraction of sp³-hybridized carbons (Fsp3) is 0.115. The summed E-state index contributed by atoms with van der Waals surface area (Å²) in [4.78, 5) is 24.9. The van der Waals surface area contributed by atoms with Gasteiger partial charge in [0.1, 0.15) is 5.82 Å². The highest BCUT2D eigenvalue weighted by molar-refractivity contribution is 6.04. The largest absolute Gasteiger partial charge is 0.461 e. The highest BCUT2D eigenvalue weighted by Crippen LogP contribution is 2.28. The van der Waals surface area contributed by atoms with Crippen molar-refractivity contribution in [2.24, 2.45) is 0 Å². The first-order valence-corrected chi connectivity index (χ1v) is 10.5. The van der Waals surface area contributed by atoms with Crippen LogP contribution in [0, 0.1) is 12.7 Å².